The number of hydrogen-bond acceptors (Lipinski definition) is 4. The average molecular weight is 256 g/mol. The molecular formula is C11H16N2O3S. The minimum absolute atomic E-state index is 0.266. The molecule has 1 aromatic carbocycles. The van der Waals surface area contributed by atoms with Crippen LogP contribution in [0.15, 0.2) is 23.1 Å². The molecule has 1 heterocycles. The van der Waals surface area contributed by atoms with Crippen LogP contribution < -0.4 is 14.8 Å². The van der Waals surface area contributed by atoms with Crippen LogP contribution >= 0.6 is 0 Å². The molecule has 0 spiro atoms. The van der Waals surface area contributed by atoms with Gasteiger partial charge in [0.05, 0.1) is 10.6 Å². The van der Waals surface area contributed by atoms with Crippen LogP contribution in [0.1, 0.15) is 13.3 Å². The van der Waals surface area contributed by atoms with Crippen LogP contribution in [0.5, 0.6) is 5.75 Å². The maximum atomic E-state index is 11.9. The van der Waals surface area contributed by atoms with Gasteiger partial charge in [-0.05, 0) is 24.6 Å². The summed E-state index contributed by atoms with van der Waals surface area (Å²) in [6.07, 6.45) is 0.769. The van der Waals surface area contributed by atoms with Crippen LogP contribution in [-0.2, 0) is 10.0 Å². The zero-order chi connectivity index (χ0) is 12.3. The van der Waals surface area contributed by atoms with Gasteiger partial charge in [-0.15, -0.1) is 0 Å². The second kappa shape index (κ2) is 4.93. The van der Waals surface area contributed by atoms with Crippen LogP contribution in [0.2, 0.25) is 0 Å². The van der Waals surface area contributed by atoms with E-state index >= 15 is 0 Å². The fourth-order valence-electron chi connectivity index (χ4n) is 1.61. The number of rotatable bonds is 4. The molecule has 94 valence electrons. The van der Waals surface area contributed by atoms with Gasteiger partial charge in [0, 0.05) is 13.1 Å². The van der Waals surface area contributed by atoms with E-state index in [1.807, 2.05) is 6.92 Å². The summed E-state index contributed by atoms with van der Waals surface area (Å²) in [4.78, 5) is 0.266. The van der Waals surface area contributed by atoms with Gasteiger partial charge < -0.3 is 10.1 Å². The minimum Gasteiger partial charge on any atom is -0.490 e. The number of nitrogens with one attached hydrogen (secondary N) is 2. The van der Waals surface area contributed by atoms with Gasteiger partial charge in [0.15, 0.2) is 0 Å². The predicted octanol–water partition coefficient (Wildman–Crippen LogP) is 1.18. The van der Waals surface area contributed by atoms with Crippen LogP contribution in [0.25, 0.3) is 0 Å². The molecule has 1 aliphatic rings. The van der Waals surface area contributed by atoms with Crippen molar-refractivity contribution in [1.29, 1.82) is 0 Å². The smallest absolute Gasteiger partial charge is 0.240 e. The van der Waals surface area contributed by atoms with Crippen LogP contribution in [0.3, 0.4) is 0 Å². The summed E-state index contributed by atoms with van der Waals surface area (Å²) >= 11 is 0. The van der Waals surface area contributed by atoms with Crippen molar-refractivity contribution in [3.05, 3.63) is 18.2 Å². The summed E-state index contributed by atoms with van der Waals surface area (Å²) in [5, 5.41) is 3.11. The molecule has 0 unspecified atom stereocenters. The van der Waals surface area contributed by atoms with E-state index in [-0.39, 0.29) is 4.90 Å². The van der Waals surface area contributed by atoms with Crippen molar-refractivity contribution in [3.8, 4) is 5.75 Å². The molecule has 0 amide bonds. The molecule has 6 heteroatoms. The standard InChI is InChI=1S/C11H16N2O3S/c1-2-5-13-17(14,15)9-3-4-11-10(8-9)12-6-7-16-11/h3-4,8,12-13H,2,5-7H2,1H3. The Morgan fingerprint density at radius 3 is 3.06 bits per heavy atom. The summed E-state index contributed by atoms with van der Waals surface area (Å²) in [6, 6.07) is 4.85. The normalized spacial score (nSPS) is 14.6. The molecule has 1 aromatic rings. The second-order valence-corrected chi connectivity index (χ2v) is 5.60. The number of benzene rings is 1. The lowest BCUT2D eigenvalue weighted by molar-refractivity contribution is 0.323. The van der Waals surface area contributed by atoms with Crippen LogP contribution in [-0.4, -0.2) is 28.1 Å². The molecule has 1 aliphatic heterocycles. The summed E-state index contributed by atoms with van der Waals surface area (Å²) in [5.41, 5.74) is 0.732. The average Bonchev–Trinajstić information content (AvgIpc) is 2.36. The van der Waals surface area contributed by atoms with Crippen molar-refractivity contribution in [2.24, 2.45) is 0 Å². The van der Waals surface area contributed by atoms with E-state index < -0.39 is 10.0 Å². The van der Waals surface area contributed by atoms with Crippen molar-refractivity contribution in [3.63, 3.8) is 0 Å². The van der Waals surface area contributed by atoms with Gasteiger partial charge in [0.1, 0.15) is 12.4 Å². The highest BCUT2D eigenvalue weighted by Crippen LogP contribution is 2.29. The Balaban J connectivity index is 2.27. The first-order valence-electron chi connectivity index (χ1n) is 5.64. The molecule has 0 atom stereocenters. The lowest BCUT2D eigenvalue weighted by Crippen LogP contribution is -2.25. The molecule has 0 bridgehead atoms. The third-order valence-electron chi connectivity index (χ3n) is 2.48. The van der Waals surface area contributed by atoms with Gasteiger partial charge in [-0.2, -0.15) is 0 Å². The lowest BCUT2D eigenvalue weighted by atomic mass is 10.2. The first-order chi connectivity index (χ1) is 8.13. The molecule has 2 N–H and O–H groups in total. The Kier molecular flexibility index (Phi) is 3.54. The summed E-state index contributed by atoms with van der Waals surface area (Å²) in [6.45, 7) is 3.67. The fraction of sp³-hybridized carbons (Fsp3) is 0.455. The Hall–Kier alpha value is -1.27. The quantitative estimate of drug-likeness (QED) is 0.849. The molecule has 0 saturated carbocycles. The molecule has 2 rings (SSSR count). The molecule has 0 aliphatic carbocycles. The highest BCUT2D eigenvalue weighted by molar-refractivity contribution is 7.89. The van der Waals surface area contributed by atoms with E-state index in [2.05, 4.69) is 10.0 Å². The maximum Gasteiger partial charge on any atom is 0.240 e. The van der Waals surface area contributed by atoms with Crippen LogP contribution in [0, 0.1) is 0 Å². The number of fused-ring (bicyclic) bond motifs is 1. The number of sulfonamides is 1. The number of ether oxygens (including phenoxy) is 1. The van der Waals surface area contributed by atoms with Gasteiger partial charge in [-0.1, -0.05) is 6.92 Å². The third kappa shape index (κ3) is 2.70. The SMILES string of the molecule is CCCNS(=O)(=O)c1ccc2c(c1)NCCO2. The van der Waals surface area contributed by atoms with Crippen LogP contribution in [0.4, 0.5) is 5.69 Å². The van der Waals surface area contributed by atoms with E-state index in [1.54, 1.807) is 18.2 Å². The first-order valence-corrected chi connectivity index (χ1v) is 7.12. The molecule has 0 saturated heterocycles. The van der Waals surface area contributed by atoms with E-state index in [4.69, 9.17) is 4.74 Å². The highest BCUT2D eigenvalue weighted by atomic mass is 32.2. The monoisotopic (exact) mass is 256 g/mol. The van der Waals surface area contributed by atoms with Crippen molar-refractivity contribution >= 4 is 15.7 Å². The van der Waals surface area contributed by atoms with Gasteiger partial charge in [0.2, 0.25) is 10.0 Å². The minimum atomic E-state index is -3.40. The second-order valence-electron chi connectivity index (χ2n) is 3.83. The summed E-state index contributed by atoms with van der Waals surface area (Å²) in [7, 11) is -3.40. The number of anilines is 1. The molecule has 0 fully saturated rings. The van der Waals surface area contributed by atoms with E-state index in [1.165, 1.54) is 0 Å². The fourth-order valence-corrected chi connectivity index (χ4v) is 2.77. The Morgan fingerprint density at radius 2 is 2.29 bits per heavy atom. The topological polar surface area (TPSA) is 67.4 Å². The Morgan fingerprint density at radius 1 is 1.47 bits per heavy atom. The molecule has 17 heavy (non-hydrogen) atoms. The van der Waals surface area contributed by atoms with Crippen molar-refractivity contribution in [2.75, 3.05) is 25.0 Å². The van der Waals surface area contributed by atoms with Crippen molar-refractivity contribution in [1.82, 2.24) is 4.72 Å². The zero-order valence-electron chi connectivity index (χ0n) is 9.69. The number of hydrogen-bond donors (Lipinski definition) is 2. The van der Waals surface area contributed by atoms with Gasteiger partial charge in [0.25, 0.3) is 0 Å². The van der Waals surface area contributed by atoms with Crippen molar-refractivity contribution < 1.29 is 13.2 Å². The Bertz CT molecular complexity index is 499. The zero-order valence-corrected chi connectivity index (χ0v) is 10.5. The molecule has 5 nitrogen and oxygen atoms in total. The summed E-state index contributed by atoms with van der Waals surface area (Å²) in [5.74, 6) is 0.700. The molecule has 0 aromatic heterocycles. The largest absolute Gasteiger partial charge is 0.490 e. The van der Waals surface area contributed by atoms with Gasteiger partial charge in [-0.3, -0.25) is 0 Å². The van der Waals surface area contributed by atoms with Gasteiger partial charge in [-0.25, -0.2) is 13.1 Å². The predicted molar refractivity (Wildman–Crippen MR) is 65.9 cm³/mol. The van der Waals surface area contributed by atoms with E-state index in [0.717, 1.165) is 12.1 Å². The molecule has 0 radical (unpaired) electrons. The Labute approximate surface area is 101 Å². The first kappa shape index (κ1) is 12.2. The van der Waals surface area contributed by atoms with Gasteiger partial charge >= 0.3 is 0 Å². The molecular weight excluding hydrogens is 240 g/mol. The van der Waals surface area contributed by atoms with E-state index in [9.17, 15) is 8.42 Å². The lowest BCUT2D eigenvalue weighted by Gasteiger charge is -2.19. The highest BCUT2D eigenvalue weighted by Gasteiger charge is 2.17. The van der Waals surface area contributed by atoms with Crippen molar-refractivity contribution in [2.45, 2.75) is 18.2 Å². The third-order valence-corrected chi connectivity index (χ3v) is 3.94. The maximum absolute atomic E-state index is 11.9. The summed E-state index contributed by atoms with van der Waals surface area (Å²) < 4.78 is 31.7. The van der Waals surface area contributed by atoms with E-state index in [0.29, 0.717) is 25.4 Å².